The van der Waals surface area contributed by atoms with Gasteiger partial charge in [0.25, 0.3) is 0 Å². The molecule has 0 amide bonds. The average molecular weight is 298 g/mol. The van der Waals surface area contributed by atoms with Crippen molar-refractivity contribution in [2.75, 3.05) is 0 Å². The fourth-order valence-corrected chi connectivity index (χ4v) is 3.71. The van der Waals surface area contributed by atoms with Crippen LogP contribution in [0.3, 0.4) is 0 Å². The van der Waals surface area contributed by atoms with Gasteiger partial charge >= 0.3 is 0 Å². The van der Waals surface area contributed by atoms with E-state index in [1.165, 1.54) is 34.9 Å². The first kappa shape index (κ1) is 13.7. The van der Waals surface area contributed by atoms with Crippen LogP contribution in [0.2, 0.25) is 0 Å². The maximum atomic E-state index is 6.12. The fourth-order valence-electron chi connectivity index (χ4n) is 3.71. The molecule has 0 saturated carbocycles. The monoisotopic (exact) mass is 298 g/mol. The van der Waals surface area contributed by atoms with Crippen molar-refractivity contribution in [2.24, 2.45) is 10.9 Å². The summed E-state index contributed by atoms with van der Waals surface area (Å²) < 4.78 is 12.1. The largest absolute Gasteiger partial charge is 0.487 e. The topological polar surface area (TPSA) is 60.8 Å². The molecule has 4 nitrogen and oxygen atoms in total. The summed E-state index contributed by atoms with van der Waals surface area (Å²) in [5.74, 6) is 6.48. The van der Waals surface area contributed by atoms with Gasteiger partial charge in [0.1, 0.15) is 16.9 Å². The zero-order chi connectivity index (χ0) is 15.3. The molecule has 1 aromatic heterocycles. The Kier molecular flexibility index (Phi) is 2.96. The third-order valence-electron chi connectivity index (χ3n) is 4.92. The molecule has 2 N–H and O–H groups in total. The minimum Gasteiger partial charge on any atom is -0.487 e. The van der Waals surface area contributed by atoms with Crippen LogP contribution in [0.1, 0.15) is 49.8 Å². The maximum absolute atomic E-state index is 6.12. The molecule has 0 saturated heterocycles. The van der Waals surface area contributed by atoms with E-state index in [0.717, 1.165) is 37.0 Å². The van der Waals surface area contributed by atoms with Crippen LogP contribution in [-0.4, -0.2) is 5.60 Å². The molecule has 1 aliphatic heterocycles. The second kappa shape index (κ2) is 4.77. The molecule has 0 atom stereocenters. The van der Waals surface area contributed by atoms with Crippen LogP contribution in [0.25, 0.3) is 11.0 Å². The van der Waals surface area contributed by atoms with E-state index in [0.29, 0.717) is 5.55 Å². The number of ether oxygens (including phenoxy) is 1. The Morgan fingerprint density at radius 2 is 1.86 bits per heavy atom. The van der Waals surface area contributed by atoms with Crippen molar-refractivity contribution < 1.29 is 9.15 Å². The lowest BCUT2D eigenvalue weighted by Gasteiger charge is -2.33. The van der Waals surface area contributed by atoms with Gasteiger partial charge in [0.05, 0.1) is 0 Å². The molecule has 1 aromatic carbocycles. The highest BCUT2D eigenvalue weighted by molar-refractivity contribution is 5.84. The summed E-state index contributed by atoms with van der Waals surface area (Å²) >= 11 is 0. The molecule has 0 radical (unpaired) electrons. The number of nitrogens with two attached hydrogens (primary N) is 1. The number of nitrogens with zero attached hydrogens (tertiary/aromatic N) is 1. The van der Waals surface area contributed by atoms with Crippen molar-refractivity contribution in [1.29, 1.82) is 0 Å². The summed E-state index contributed by atoms with van der Waals surface area (Å²) in [6.07, 6.45) is 6.58. The van der Waals surface area contributed by atoms with Gasteiger partial charge in [-0.25, -0.2) is 0 Å². The highest BCUT2D eigenvalue weighted by Crippen LogP contribution is 2.37. The Morgan fingerprint density at radius 1 is 1.09 bits per heavy atom. The SMILES string of the molecule is CC1(C)CCc2cc3c4c(/c(=N\N)oc3cc2O1)CCCC4. The first-order valence-electron chi connectivity index (χ1n) is 8.12. The summed E-state index contributed by atoms with van der Waals surface area (Å²) in [4.78, 5) is 0. The highest BCUT2D eigenvalue weighted by atomic mass is 16.5. The van der Waals surface area contributed by atoms with Crippen LogP contribution in [-0.2, 0) is 19.3 Å². The second-order valence-electron chi connectivity index (χ2n) is 7.02. The molecule has 22 heavy (non-hydrogen) atoms. The van der Waals surface area contributed by atoms with Crippen molar-refractivity contribution in [2.45, 2.75) is 58.0 Å². The van der Waals surface area contributed by atoms with Crippen LogP contribution in [0.15, 0.2) is 21.7 Å². The first-order valence-corrected chi connectivity index (χ1v) is 8.12. The number of hydrogen-bond donors (Lipinski definition) is 1. The maximum Gasteiger partial charge on any atom is 0.239 e. The average Bonchev–Trinajstić information content (AvgIpc) is 2.51. The molecule has 0 unspecified atom stereocenters. The normalized spacial score (nSPS) is 20.4. The standard InChI is InChI=1S/C18H22N2O2/c1-18(2)8-7-11-9-14-12-5-3-4-6-13(12)17(20-19)21-16(14)10-15(11)22-18/h9-10H,3-8,19H2,1-2H3/b20-17+. The minimum absolute atomic E-state index is 0.115. The van der Waals surface area contributed by atoms with Crippen molar-refractivity contribution in [3.8, 4) is 5.75 Å². The molecule has 1 aliphatic carbocycles. The summed E-state index contributed by atoms with van der Waals surface area (Å²) in [6.45, 7) is 4.26. The first-order chi connectivity index (χ1) is 10.6. The van der Waals surface area contributed by atoms with Crippen molar-refractivity contribution in [3.63, 3.8) is 0 Å². The number of benzene rings is 1. The lowest BCUT2D eigenvalue weighted by molar-refractivity contribution is 0.0848. The molecule has 4 rings (SSSR count). The summed E-state index contributed by atoms with van der Waals surface area (Å²) in [7, 11) is 0. The van der Waals surface area contributed by atoms with Crippen molar-refractivity contribution in [1.82, 2.24) is 0 Å². The van der Waals surface area contributed by atoms with E-state index >= 15 is 0 Å². The van der Waals surface area contributed by atoms with Crippen molar-refractivity contribution in [3.05, 3.63) is 34.4 Å². The van der Waals surface area contributed by atoms with Gasteiger partial charge in [0, 0.05) is 17.0 Å². The van der Waals surface area contributed by atoms with Crippen LogP contribution >= 0.6 is 0 Å². The Morgan fingerprint density at radius 3 is 2.64 bits per heavy atom. The lowest BCUT2D eigenvalue weighted by Crippen LogP contribution is -2.32. The molecule has 2 heterocycles. The van der Waals surface area contributed by atoms with Crippen LogP contribution in [0.5, 0.6) is 5.75 Å². The van der Waals surface area contributed by atoms with E-state index in [1.54, 1.807) is 0 Å². The van der Waals surface area contributed by atoms with E-state index in [-0.39, 0.29) is 5.60 Å². The van der Waals surface area contributed by atoms with Crippen molar-refractivity contribution >= 4 is 11.0 Å². The van der Waals surface area contributed by atoms with E-state index in [1.807, 2.05) is 6.07 Å². The summed E-state index contributed by atoms with van der Waals surface area (Å²) in [6, 6.07) is 4.28. The predicted molar refractivity (Wildman–Crippen MR) is 85.6 cm³/mol. The van der Waals surface area contributed by atoms with E-state index in [2.05, 4.69) is 25.0 Å². The van der Waals surface area contributed by atoms with Crippen LogP contribution in [0, 0.1) is 0 Å². The Hall–Kier alpha value is -1.97. The number of rotatable bonds is 0. The minimum atomic E-state index is -0.115. The zero-order valence-electron chi connectivity index (χ0n) is 13.2. The lowest BCUT2D eigenvalue weighted by atomic mass is 9.88. The molecule has 2 aromatic rings. The number of aryl methyl sites for hydroxylation is 2. The Labute approximate surface area is 130 Å². The number of fused-ring (bicyclic) bond motifs is 4. The van der Waals surface area contributed by atoms with Gasteiger partial charge < -0.3 is 15.0 Å². The molecule has 0 fully saturated rings. The molecule has 0 spiro atoms. The zero-order valence-corrected chi connectivity index (χ0v) is 13.2. The third kappa shape index (κ3) is 2.09. The summed E-state index contributed by atoms with van der Waals surface area (Å²) in [5, 5.41) is 5.08. The highest BCUT2D eigenvalue weighted by Gasteiger charge is 2.28. The summed E-state index contributed by atoms with van der Waals surface area (Å²) in [5.41, 5.74) is 5.14. The van der Waals surface area contributed by atoms with Crippen LogP contribution < -0.4 is 16.1 Å². The van der Waals surface area contributed by atoms with Gasteiger partial charge in [0.2, 0.25) is 5.55 Å². The fraction of sp³-hybridized carbons (Fsp3) is 0.500. The Balaban J connectivity index is 1.99. The predicted octanol–water partition coefficient (Wildman–Crippen LogP) is 3.19. The van der Waals surface area contributed by atoms with E-state index < -0.39 is 0 Å². The third-order valence-corrected chi connectivity index (χ3v) is 4.92. The quantitative estimate of drug-likeness (QED) is 0.600. The molecule has 2 aliphatic rings. The molecular formula is C18H22N2O2. The van der Waals surface area contributed by atoms with Gasteiger partial charge in [-0.2, -0.15) is 0 Å². The molecule has 0 bridgehead atoms. The smallest absolute Gasteiger partial charge is 0.239 e. The molecule has 4 heteroatoms. The molecular weight excluding hydrogens is 276 g/mol. The van der Waals surface area contributed by atoms with E-state index in [9.17, 15) is 0 Å². The number of hydrogen-bond acceptors (Lipinski definition) is 4. The van der Waals surface area contributed by atoms with Gasteiger partial charge in [-0.1, -0.05) is 0 Å². The van der Waals surface area contributed by atoms with Gasteiger partial charge in [-0.05, 0) is 69.6 Å². The van der Waals surface area contributed by atoms with Crippen LogP contribution in [0.4, 0.5) is 0 Å². The molecule has 116 valence electrons. The Bertz CT molecular complexity index is 818. The van der Waals surface area contributed by atoms with Gasteiger partial charge in [-0.15, -0.1) is 5.10 Å². The van der Waals surface area contributed by atoms with E-state index in [4.69, 9.17) is 15.0 Å². The van der Waals surface area contributed by atoms with Gasteiger partial charge in [-0.3, -0.25) is 0 Å². The second-order valence-corrected chi connectivity index (χ2v) is 7.02. The van der Waals surface area contributed by atoms with Gasteiger partial charge in [0.15, 0.2) is 0 Å².